The van der Waals surface area contributed by atoms with Crippen LogP contribution in [0.1, 0.15) is 48.5 Å². The van der Waals surface area contributed by atoms with Crippen molar-refractivity contribution >= 4 is 0 Å². The molecule has 0 amide bonds. The normalized spacial score (nSPS) is 16.4. The molecule has 1 unspecified atom stereocenters. The predicted octanol–water partition coefficient (Wildman–Crippen LogP) is 2.60. The Morgan fingerprint density at radius 3 is 1.46 bits per heavy atom. The molecule has 2 nitrogen and oxygen atoms in total. The highest BCUT2D eigenvalue weighted by molar-refractivity contribution is 4.83. The minimum atomic E-state index is -0.776. The van der Waals surface area contributed by atoms with Crippen LogP contribution in [0, 0.1) is 5.92 Å². The first-order valence-corrected chi connectivity index (χ1v) is 4.94. The zero-order valence-corrected chi connectivity index (χ0v) is 10.0. The maximum absolute atomic E-state index is 9.89. The quantitative estimate of drug-likeness (QED) is 0.737. The largest absolute Gasteiger partial charge is 0.388 e. The Hall–Kier alpha value is -0.0800. The van der Waals surface area contributed by atoms with E-state index in [0.717, 1.165) is 0 Å². The third kappa shape index (κ3) is 5.27. The number of hydrogen-bond donors (Lipinski definition) is 1. The van der Waals surface area contributed by atoms with Crippen molar-refractivity contribution in [3.05, 3.63) is 0 Å². The van der Waals surface area contributed by atoms with Crippen LogP contribution in [0.4, 0.5) is 0 Å². The fourth-order valence-electron chi connectivity index (χ4n) is 1.48. The summed E-state index contributed by atoms with van der Waals surface area (Å²) in [4.78, 5) is 0. The summed E-state index contributed by atoms with van der Waals surface area (Å²) in [5, 5.41) is 9.89. The van der Waals surface area contributed by atoms with Crippen molar-refractivity contribution < 1.29 is 9.84 Å². The molecule has 0 aliphatic carbocycles. The molecule has 0 radical (unpaired) electrons. The molecular weight excluding hydrogens is 164 g/mol. The van der Waals surface area contributed by atoms with Gasteiger partial charge in [0.05, 0.1) is 17.3 Å². The molecule has 0 saturated heterocycles. The lowest BCUT2D eigenvalue weighted by molar-refractivity contribution is -0.162. The third-order valence-corrected chi connectivity index (χ3v) is 1.78. The van der Waals surface area contributed by atoms with Gasteiger partial charge in [0.1, 0.15) is 0 Å². The van der Waals surface area contributed by atoms with Gasteiger partial charge in [0.2, 0.25) is 0 Å². The van der Waals surface area contributed by atoms with Crippen LogP contribution < -0.4 is 0 Å². The highest BCUT2D eigenvalue weighted by Gasteiger charge is 2.33. The van der Waals surface area contributed by atoms with E-state index in [1.165, 1.54) is 0 Å². The van der Waals surface area contributed by atoms with E-state index < -0.39 is 5.60 Å². The SMILES string of the molecule is CC(C)C(OC(C)(C)C)C(C)(C)O. The summed E-state index contributed by atoms with van der Waals surface area (Å²) in [5.41, 5.74) is -0.976. The fraction of sp³-hybridized carbons (Fsp3) is 1.00. The molecule has 0 rings (SSSR count). The van der Waals surface area contributed by atoms with Crippen LogP contribution in [-0.2, 0) is 4.74 Å². The van der Waals surface area contributed by atoms with Crippen molar-refractivity contribution in [2.45, 2.75) is 65.8 Å². The van der Waals surface area contributed by atoms with Crippen LogP contribution in [0.5, 0.6) is 0 Å². The Morgan fingerprint density at radius 2 is 1.38 bits per heavy atom. The van der Waals surface area contributed by atoms with Crippen LogP contribution in [-0.4, -0.2) is 22.4 Å². The van der Waals surface area contributed by atoms with Crippen molar-refractivity contribution in [1.29, 1.82) is 0 Å². The first-order chi connectivity index (χ1) is 5.54. The van der Waals surface area contributed by atoms with Gasteiger partial charge >= 0.3 is 0 Å². The zero-order chi connectivity index (χ0) is 10.9. The molecule has 0 aromatic carbocycles. The first-order valence-electron chi connectivity index (χ1n) is 4.94. The monoisotopic (exact) mass is 188 g/mol. The number of aliphatic hydroxyl groups is 1. The van der Waals surface area contributed by atoms with E-state index >= 15 is 0 Å². The van der Waals surface area contributed by atoms with Crippen molar-refractivity contribution in [3.8, 4) is 0 Å². The lowest BCUT2D eigenvalue weighted by atomic mass is 9.91. The second-order valence-electron chi connectivity index (χ2n) is 5.55. The van der Waals surface area contributed by atoms with E-state index in [9.17, 15) is 5.11 Å². The minimum absolute atomic E-state index is 0.118. The van der Waals surface area contributed by atoms with Crippen LogP contribution in [0.3, 0.4) is 0 Å². The van der Waals surface area contributed by atoms with Gasteiger partial charge in [-0.2, -0.15) is 0 Å². The average molecular weight is 188 g/mol. The molecule has 0 aliphatic rings. The lowest BCUT2D eigenvalue weighted by Crippen LogP contribution is -2.45. The van der Waals surface area contributed by atoms with E-state index in [-0.39, 0.29) is 11.7 Å². The van der Waals surface area contributed by atoms with Crippen LogP contribution in [0.25, 0.3) is 0 Å². The van der Waals surface area contributed by atoms with Crippen molar-refractivity contribution in [3.63, 3.8) is 0 Å². The van der Waals surface area contributed by atoms with Crippen LogP contribution in [0.15, 0.2) is 0 Å². The summed E-state index contributed by atoms with van der Waals surface area (Å²) in [5.74, 6) is 0.319. The molecule has 0 heterocycles. The topological polar surface area (TPSA) is 29.5 Å². The van der Waals surface area contributed by atoms with E-state index in [2.05, 4.69) is 13.8 Å². The Balaban J connectivity index is 4.47. The third-order valence-electron chi connectivity index (χ3n) is 1.78. The first kappa shape index (κ1) is 12.9. The van der Waals surface area contributed by atoms with Gasteiger partial charge in [0.15, 0.2) is 0 Å². The molecule has 0 aromatic heterocycles. The maximum Gasteiger partial charge on any atom is 0.0886 e. The van der Waals surface area contributed by atoms with Gasteiger partial charge in [-0.3, -0.25) is 0 Å². The summed E-state index contributed by atoms with van der Waals surface area (Å²) >= 11 is 0. The fourth-order valence-corrected chi connectivity index (χ4v) is 1.48. The number of hydrogen-bond acceptors (Lipinski definition) is 2. The van der Waals surface area contributed by atoms with E-state index in [1.807, 2.05) is 20.8 Å². The molecule has 1 atom stereocenters. The standard InChI is InChI=1S/C11H24O2/c1-8(2)9(11(6,7)12)13-10(3,4)5/h8-9,12H,1-7H3. The van der Waals surface area contributed by atoms with Crippen molar-refractivity contribution in [2.24, 2.45) is 5.92 Å². The van der Waals surface area contributed by atoms with Gasteiger partial charge in [0, 0.05) is 0 Å². The second kappa shape index (κ2) is 3.97. The van der Waals surface area contributed by atoms with Crippen LogP contribution in [0.2, 0.25) is 0 Å². The van der Waals surface area contributed by atoms with Gasteiger partial charge < -0.3 is 9.84 Å². The molecule has 80 valence electrons. The molecule has 0 spiro atoms. The molecule has 0 aliphatic heterocycles. The Bertz CT molecular complexity index is 148. The molecule has 0 saturated carbocycles. The molecule has 0 fully saturated rings. The molecular formula is C11H24O2. The Kier molecular flexibility index (Phi) is 3.95. The number of ether oxygens (including phenoxy) is 1. The summed E-state index contributed by atoms with van der Waals surface area (Å²) < 4.78 is 5.81. The zero-order valence-electron chi connectivity index (χ0n) is 10.0. The summed E-state index contributed by atoms with van der Waals surface area (Å²) in [6, 6.07) is 0. The molecule has 0 aromatic rings. The van der Waals surface area contributed by atoms with Crippen molar-refractivity contribution in [2.75, 3.05) is 0 Å². The van der Waals surface area contributed by atoms with Gasteiger partial charge in [-0.25, -0.2) is 0 Å². The summed E-state index contributed by atoms with van der Waals surface area (Å²) in [6.07, 6.45) is -0.118. The van der Waals surface area contributed by atoms with Gasteiger partial charge in [0.25, 0.3) is 0 Å². The molecule has 13 heavy (non-hydrogen) atoms. The summed E-state index contributed by atoms with van der Waals surface area (Å²) in [7, 11) is 0. The predicted molar refractivity (Wildman–Crippen MR) is 55.8 cm³/mol. The highest BCUT2D eigenvalue weighted by atomic mass is 16.5. The van der Waals surface area contributed by atoms with Crippen molar-refractivity contribution in [1.82, 2.24) is 0 Å². The van der Waals surface area contributed by atoms with E-state index in [0.29, 0.717) is 5.92 Å². The van der Waals surface area contributed by atoms with Gasteiger partial charge in [-0.15, -0.1) is 0 Å². The molecule has 0 bridgehead atoms. The smallest absolute Gasteiger partial charge is 0.0886 e. The molecule has 1 N–H and O–H groups in total. The second-order valence-corrected chi connectivity index (χ2v) is 5.55. The van der Waals surface area contributed by atoms with Gasteiger partial charge in [-0.1, -0.05) is 13.8 Å². The summed E-state index contributed by atoms with van der Waals surface area (Å²) in [6.45, 7) is 13.7. The Labute approximate surface area is 82.3 Å². The van der Waals surface area contributed by atoms with E-state index in [4.69, 9.17) is 4.74 Å². The minimum Gasteiger partial charge on any atom is -0.388 e. The Morgan fingerprint density at radius 1 is 1.00 bits per heavy atom. The maximum atomic E-state index is 9.89. The van der Waals surface area contributed by atoms with Crippen LogP contribution >= 0.6 is 0 Å². The molecule has 2 heteroatoms. The number of rotatable bonds is 3. The van der Waals surface area contributed by atoms with E-state index in [1.54, 1.807) is 13.8 Å². The lowest BCUT2D eigenvalue weighted by Gasteiger charge is -2.37. The van der Waals surface area contributed by atoms with Gasteiger partial charge in [-0.05, 0) is 40.5 Å². The average Bonchev–Trinajstić information content (AvgIpc) is 1.77. The highest BCUT2D eigenvalue weighted by Crippen LogP contribution is 2.25.